The SMILES string of the molecule is Cc1c(CC(=O)NC2CCN(Cc3coc(-c4ccccc4)n3)CC2)cnn1C. The smallest absolute Gasteiger partial charge is 0.226 e. The maximum atomic E-state index is 12.4. The summed E-state index contributed by atoms with van der Waals surface area (Å²) in [6, 6.07) is 10.2. The van der Waals surface area contributed by atoms with Crippen LogP contribution in [0.5, 0.6) is 0 Å². The Morgan fingerprint density at radius 1 is 1.24 bits per heavy atom. The molecule has 0 saturated carbocycles. The van der Waals surface area contributed by atoms with E-state index in [1.54, 1.807) is 17.1 Å². The number of amides is 1. The van der Waals surface area contributed by atoms with E-state index in [2.05, 4.69) is 20.3 Å². The van der Waals surface area contributed by atoms with Crippen molar-refractivity contribution in [2.24, 2.45) is 7.05 Å². The molecule has 29 heavy (non-hydrogen) atoms. The molecule has 7 nitrogen and oxygen atoms in total. The van der Waals surface area contributed by atoms with Gasteiger partial charge in [0.25, 0.3) is 0 Å². The molecule has 1 amide bonds. The molecule has 1 saturated heterocycles. The Morgan fingerprint density at radius 2 is 2.00 bits per heavy atom. The van der Waals surface area contributed by atoms with E-state index in [1.165, 1.54) is 0 Å². The fourth-order valence-electron chi connectivity index (χ4n) is 3.73. The van der Waals surface area contributed by atoms with E-state index in [0.717, 1.165) is 55.0 Å². The van der Waals surface area contributed by atoms with E-state index < -0.39 is 0 Å². The molecule has 3 aromatic rings. The molecule has 1 fully saturated rings. The lowest BCUT2D eigenvalue weighted by atomic mass is 10.0. The van der Waals surface area contributed by atoms with E-state index in [4.69, 9.17) is 4.42 Å². The number of rotatable bonds is 6. The predicted molar refractivity (Wildman–Crippen MR) is 110 cm³/mol. The zero-order valence-electron chi connectivity index (χ0n) is 17.0. The van der Waals surface area contributed by atoms with Crippen LogP contribution in [0.1, 0.15) is 29.8 Å². The summed E-state index contributed by atoms with van der Waals surface area (Å²) in [5, 5.41) is 7.38. The number of oxazole rings is 1. The monoisotopic (exact) mass is 393 g/mol. The van der Waals surface area contributed by atoms with Gasteiger partial charge in [-0.15, -0.1) is 0 Å². The zero-order chi connectivity index (χ0) is 20.2. The lowest BCUT2D eigenvalue weighted by Gasteiger charge is -2.31. The molecule has 0 spiro atoms. The number of aryl methyl sites for hydroxylation is 1. The van der Waals surface area contributed by atoms with Gasteiger partial charge in [0.2, 0.25) is 11.8 Å². The van der Waals surface area contributed by atoms with E-state index in [9.17, 15) is 4.79 Å². The molecule has 152 valence electrons. The van der Waals surface area contributed by atoms with Gasteiger partial charge in [-0.2, -0.15) is 5.10 Å². The second kappa shape index (κ2) is 8.61. The number of hydrogen-bond acceptors (Lipinski definition) is 5. The first-order chi connectivity index (χ1) is 14.1. The summed E-state index contributed by atoms with van der Waals surface area (Å²) < 4.78 is 7.43. The molecular formula is C22H27N5O2. The molecule has 0 radical (unpaired) electrons. The normalized spacial score (nSPS) is 15.5. The van der Waals surface area contributed by atoms with Crippen molar-refractivity contribution in [3.63, 3.8) is 0 Å². The minimum atomic E-state index is 0.0727. The number of nitrogens with zero attached hydrogens (tertiary/aromatic N) is 4. The Balaban J connectivity index is 1.24. The van der Waals surface area contributed by atoms with Gasteiger partial charge in [-0.1, -0.05) is 18.2 Å². The van der Waals surface area contributed by atoms with Crippen molar-refractivity contribution < 1.29 is 9.21 Å². The average molecular weight is 393 g/mol. The van der Waals surface area contributed by atoms with Crippen LogP contribution in [0.15, 0.2) is 47.2 Å². The van der Waals surface area contributed by atoms with Crippen molar-refractivity contribution in [2.75, 3.05) is 13.1 Å². The van der Waals surface area contributed by atoms with Crippen LogP contribution in [-0.4, -0.2) is 44.7 Å². The quantitative estimate of drug-likeness (QED) is 0.697. The van der Waals surface area contributed by atoms with Gasteiger partial charge in [0.05, 0.1) is 18.3 Å². The number of benzene rings is 1. The minimum absolute atomic E-state index is 0.0727. The van der Waals surface area contributed by atoms with Crippen LogP contribution in [0.25, 0.3) is 11.5 Å². The molecular weight excluding hydrogens is 366 g/mol. The van der Waals surface area contributed by atoms with Crippen molar-refractivity contribution in [1.29, 1.82) is 0 Å². The maximum Gasteiger partial charge on any atom is 0.226 e. The summed E-state index contributed by atoms with van der Waals surface area (Å²) >= 11 is 0. The van der Waals surface area contributed by atoms with Gasteiger partial charge in [-0.25, -0.2) is 4.98 Å². The number of aromatic nitrogens is 3. The first-order valence-electron chi connectivity index (χ1n) is 10.1. The van der Waals surface area contributed by atoms with Crippen LogP contribution in [0, 0.1) is 6.92 Å². The Kier molecular flexibility index (Phi) is 5.76. The van der Waals surface area contributed by atoms with Gasteiger partial charge in [-0.3, -0.25) is 14.4 Å². The predicted octanol–water partition coefficient (Wildman–Crippen LogP) is 2.71. The third-order valence-corrected chi connectivity index (χ3v) is 5.60. The molecule has 2 aromatic heterocycles. The third-order valence-electron chi connectivity index (χ3n) is 5.60. The van der Waals surface area contributed by atoms with Crippen molar-refractivity contribution in [3.05, 3.63) is 59.7 Å². The molecule has 3 heterocycles. The Bertz CT molecular complexity index is 955. The summed E-state index contributed by atoms with van der Waals surface area (Å²) in [5.74, 6) is 0.733. The summed E-state index contributed by atoms with van der Waals surface area (Å²) in [6.07, 6.45) is 5.80. The van der Waals surface area contributed by atoms with Crippen molar-refractivity contribution in [3.8, 4) is 11.5 Å². The number of nitrogens with one attached hydrogen (secondary N) is 1. The topological polar surface area (TPSA) is 76.2 Å². The van der Waals surface area contributed by atoms with Crippen LogP contribution >= 0.6 is 0 Å². The molecule has 0 atom stereocenters. The highest BCUT2D eigenvalue weighted by molar-refractivity contribution is 5.79. The number of carbonyl (C=O) groups is 1. The highest BCUT2D eigenvalue weighted by Gasteiger charge is 2.22. The number of piperidine rings is 1. The molecule has 1 aromatic carbocycles. The Morgan fingerprint density at radius 3 is 2.69 bits per heavy atom. The highest BCUT2D eigenvalue weighted by atomic mass is 16.3. The fraction of sp³-hybridized carbons (Fsp3) is 0.409. The third kappa shape index (κ3) is 4.74. The van der Waals surface area contributed by atoms with E-state index in [-0.39, 0.29) is 11.9 Å². The average Bonchev–Trinajstić information content (AvgIpc) is 3.32. The molecule has 1 aliphatic heterocycles. The largest absolute Gasteiger partial charge is 0.444 e. The molecule has 4 rings (SSSR count). The fourth-order valence-corrected chi connectivity index (χ4v) is 3.73. The standard InChI is InChI=1S/C22H27N5O2/c1-16-18(13-23-26(16)2)12-21(28)24-19-8-10-27(11-9-19)14-20-15-29-22(25-20)17-6-4-3-5-7-17/h3-7,13,15,19H,8-12,14H2,1-2H3,(H,24,28). The highest BCUT2D eigenvalue weighted by Crippen LogP contribution is 2.20. The van der Waals surface area contributed by atoms with E-state index >= 15 is 0 Å². The number of hydrogen-bond donors (Lipinski definition) is 1. The minimum Gasteiger partial charge on any atom is -0.444 e. The van der Waals surface area contributed by atoms with Crippen LogP contribution < -0.4 is 5.32 Å². The van der Waals surface area contributed by atoms with Crippen LogP contribution in [-0.2, 0) is 24.8 Å². The summed E-state index contributed by atoms with van der Waals surface area (Å²) in [5.41, 5.74) is 3.96. The van der Waals surface area contributed by atoms with Gasteiger partial charge < -0.3 is 9.73 Å². The van der Waals surface area contributed by atoms with Crippen LogP contribution in [0.3, 0.4) is 0 Å². The second-order valence-electron chi connectivity index (χ2n) is 7.68. The molecule has 7 heteroatoms. The van der Waals surface area contributed by atoms with Gasteiger partial charge in [0.15, 0.2) is 0 Å². The number of likely N-dealkylation sites (tertiary alicyclic amines) is 1. The second-order valence-corrected chi connectivity index (χ2v) is 7.68. The van der Waals surface area contributed by atoms with Crippen LogP contribution in [0.4, 0.5) is 0 Å². The Hall–Kier alpha value is -2.93. The summed E-state index contributed by atoms with van der Waals surface area (Å²) in [4.78, 5) is 19.3. The summed E-state index contributed by atoms with van der Waals surface area (Å²) in [6.45, 7) is 4.63. The first-order valence-corrected chi connectivity index (χ1v) is 10.1. The van der Waals surface area contributed by atoms with Gasteiger partial charge >= 0.3 is 0 Å². The zero-order valence-corrected chi connectivity index (χ0v) is 17.0. The van der Waals surface area contributed by atoms with E-state index in [0.29, 0.717) is 12.3 Å². The van der Waals surface area contributed by atoms with Crippen molar-refractivity contribution in [2.45, 2.75) is 38.8 Å². The van der Waals surface area contributed by atoms with Crippen LogP contribution in [0.2, 0.25) is 0 Å². The lowest BCUT2D eigenvalue weighted by molar-refractivity contribution is -0.121. The molecule has 0 aliphatic carbocycles. The summed E-state index contributed by atoms with van der Waals surface area (Å²) in [7, 11) is 1.89. The van der Waals surface area contributed by atoms with E-state index in [1.807, 2.05) is 44.3 Å². The maximum absolute atomic E-state index is 12.4. The van der Waals surface area contributed by atoms with Gasteiger partial charge in [0, 0.05) is 49.5 Å². The molecule has 0 bridgehead atoms. The number of carbonyl (C=O) groups excluding carboxylic acids is 1. The molecule has 0 unspecified atom stereocenters. The van der Waals surface area contributed by atoms with Crippen molar-refractivity contribution in [1.82, 2.24) is 25.0 Å². The Labute approximate surface area is 170 Å². The van der Waals surface area contributed by atoms with Crippen molar-refractivity contribution >= 4 is 5.91 Å². The van der Waals surface area contributed by atoms with Gasteiger partial charge in [0.1, 0.15) is 6.26 Å². The lowest BCUT2D eigenvalue weighted by Crippen LogP contribution is -2.44. The molecule has 1 N–H and O–H groups in total. The first kappa shape index (κ1) is 19.4. The molecule has 1 aliphatic rings. The van der Waals surface area contributed by atoms with Gasteiger partial charge in [-0.05, 0) is 31.9 Å².